The van der Waals surface area contributed by atoms with Crippen molar-refractivity contribution in [1.29, 1.82) is 0 Å². The van der Waals surface area contributed by atoms with Crippen LogP contribution >= 0.6 is 0 Å². The molecule has 3 nitrogen and oxygen atoms in total. The Morgan fingerprint density at radius 2 is 1.40 bits per heavy atom. The van der Waals surface area contributed by atoms with Crippen LogP contribution in [-0.4, -0.2) is 52.4 Å². The topological polar surface area (TPSA) is 23.6 Å². The summed E-state index contributed by atoms with van der Waals surface area (Å²) >= 11 is 0. The standard InChI is InChI=1S/C24H26F2N2OSi/c1-3-30(2)22-12-18(27-10-8-16(25)14-27)4-6-20(22)24(29)21-7-5-19(13-23(21)30)28-11-9-17(26)15-28/h3-7,12-13,16-17H,1,8-11,14-15H2,2H3. The third-order valence-electron chi connectivity index (χ3n) is 7.01. The summed E-state index contributed by atoms with van der Waals surface area (Å²) in [5.74, 6) is 0.0273. The highest BCUT2D eigenvalue weighted by atomic mass is 28.3. The molecule has 0 radical (unpaired) electrons. The van der Waals surface area contributed by atoms with Gasteiger partial charge in [-0.1, -0.05) is 12.2 Å². The number of hydrogen-bond acceptors (Lipinski definition) is 3. The molecule has 2 fully saturated rings. The van der Waals surface area contributed by atoms with E-state index in [0.717, 1.165) is 32.9 Å². The van der Waals surface area contributed by atoms with Crippen LogP contribution in [0.4, 0.5) is 20.2 Å². The zero-order valence-corrected chi connectivity index (χ0v) is 18.2. The van der Waals surface area contributed by atoms with Crippen molar-refractivity contribution >= 4 is 35.6 Å². The monoisotopic (exact) mass is 424 g/mol. The molecule has 2 aromatic carbocycles. The van der Waals surface area contributed by atoms with Gasteiger partial charge in [-0.3, -0.25) is 4.79 Å². The van der Waals surface area contributed by atoms with Gasteiger partial charge in [0.1, 0.15) is 20.4 Å². The fraction of sp³-hybridized carbons (Fsp3) is 0.375. The molecule has 0 aliphatic carbocycles. The maximum Gasteiger partial charge on any atom is 0.192 e. The van der Waals surface area contributed by atoms with E-state index in [1.54, 1.807) is 0 Å². The molecule has 156 valence electrons. The van der Waals surface area contributed by atoms with E-state index in [0.29, 0.717) is 39.0 Å². The first-order chi connectivity index (χ1) is 14.4. The van der Waals surface area contributed by atoms with Crippen LogP contribution in [0.3, 0.4) is 0 Å². The molecular formula is C24H26F2N2OSi. The number of hydrogen-bond donors (Lipinski definition) is 0. The number of ketones is 1. The number of halogens is 2. The molecule has 2 atom stereocenters. The summed E-state index contributed by atoms with van der Waals surface area (Å²) in [6.07, 6.45) is -0.504. The predicted molar refractivity (Wildman–Crippen MR) is 121 cm³/mol. The lowest BCUT2D eigenvalue weighted by Crippen LogP contribution is -2.61. The van der Waals surface area contributed by atoms with Crippen LogP contribution in [0.5, 0.6) is 0 Å². The summed E-state index contributed by atoms with van der Waals surface area (Å²) in [5, 5.41) is 2.08. The molecule has 5 rings (SSSR count). The van der Waals surface area contributed by atoms with Gasteiger partial charge in [-0.15, -0.1) is 6.58 Å². The fourth-order valence-corrected chi connectivity index (χ4v) is 8.27. The van der Waals surface area contributed by atoms with Crippen molar-refractivity contribution in [3.63, 3.8) is 0 Å². The predicted octanol–water partition coefficient (Wildman–Crippen LogP) is 3.25. The molecule has 0 spiro atoms. The molecule has 0 N–H and O–H groups in total. The molecule has 3 aliphatic rings. The highest BCUT2D eigenvalue weighted by Crippen LogP contribution is 2.29. The molecular weight excluding hydrogens is 398 g/mol. The van der Waals surface area contributed by atoms with Crippen molar-refractivity contribution < 1.29 is 13.6 Å². The van der Waals surface area contributed by atoms with E-state index in [9.17, 15) is 13.6 Å². The van der Waals surface area contributed by atoms with Crippen molar-refractivity contribution in [2.45, 2.75) is 31.7 Å². The van der Waals surface area contributed by atoms with Gasteiger partial charge in [0, 0.05) is 48.7 Å². The third-order valence-corrected chi connectivity index (χ3v) is 10.9. The Morgan fingerprint density at radius 1 is 0.933 bits per heavy atom. The normalized spacial score (nSPS) is 27.9. The van der Waals surface area contributed by atoms with Gasteiger partial charge >= 0.3 is 0 Å². The van der Waals surface area contributed by atoms with Crippen molar-refractivity contribution in [2.24, 2.45) is 0 Å². The zero-order chi connectivity index (χ0) is 21.0. The number of carbonyl (C=O) groups is 1. The second kappa shape index (κ2) is 7.05. The van der Waals surface area contributed by atoms with Gasteiger partial charge < -0.3 is 9.80 Å². The smallest absolute Gasteiger partial charge is 0.192 e. The summed E-state index contributed by atoms with van der Waals surface area (Å²) in [5.41, 5.74) is 5.43. The molecule has 3 aliphatic heterocycles. The second-order valence-corrected chi connectivity index (χ2v) is 12.7. The number of fused-ring (bicyclic) bond motifs is 2. The van der Waals surface area contributed by atoms with Crippen molar-refractivity contribution in [1.82, 2.24) is 0 Å². The molecule has 2 unspecified atom stereocenters. The number of nitrogens with zero attached hydrogens (tertiary/aromatic N) is 2. The van der Waals surface area contributed by atoms with Crippen LogP contribution in [0.1, 0.15) is 28.8 Å². The van der Waals surface area contributed by atoms with Crippen molar-refractivity contribution in [3.8, 4) is 0 Å². The summed E-state index contributed by atoms with van der Waals surface area (Å²) in [4.78, 5) is 17.4. The van der Waals surface area contributed by atoms with Crippen molar-refractivity contribution in [3.05, 3.63) is 59.8 Å². The Balaban J connectivity index is 1.61. The Bertz CT molecular complexity index is 966. The minimum Gasteiger partial charge on any atom is -0.369 e. The Morgan fingerprint density at radius 3 is 1.77 bits per heavy atom. The molecule has 3 heterocycles. The van der Waals surface area contributed by atoms with Crippen LogP contribution in [0.25, 0.3) is 0 Å². The van der Waals surface area contributed by atoms with E-state index in [1.165, 1.54) is 0 Å². The molecule has 6 heteroatoms. The van der Waals surface area contributed by atoms with Gasteiger partial charge in [0.05, 0.1) is 0 Å². The average Bonchev–Trinajstić information content (AvgIpc) is 3.39. The number of benzene rings is 2. The highest BCUT2D eigenvalue weighted by molar-refractivity contribution is 7.07. The Hall–Kier alpha value is -2.47. The molecule has 0 amide bonds. The Labute approximate surface area is 177 Å². The third kappa shape index (κ3) is 2.92. The van der Waals surface area contributed by atoms with Crippen LogP contribution in [0, 0.1) is 0 Å². The number of rotatable bonds is 3. The van der Waals surface area contributed by atoms with E-state index >= 15 is 0 Å². The van der Waals surface area contributed by atoms with Crippen LogP contribution in [-0.2, 0) is 0 Å². The van der Waals surface area contributed by atoms with E-state index in [1.807, 2.05) is 30.0 Å². The van der Waals surface area contributed by atoms with Gasteiger partial charge in [0.15, 0.2) is 5.78 Å². The van der Waals surface area contributed by atoms with E-state index in [2.05, 4.69) is 35.1 Å². The van der Waals surface area contributed by atoms with Crippen molar-refractivity contribution in [2.75, 3.05) is 36.0 Å². The minimum atomic E-state index is -2.39. The second-order valence-electron chi connectivity index (χ2n) is 8.86. The molecule has 30 heavy (non-hydrogen) atoms. The van der Waals surface area contributed by atoms with E-state index < -0.39 is 20.4 Å². The fourth-order valence-electron chi connectivity index (χ4n) is 5.13. The van der Waals surface area contributed by atoms with Crippen LogP contribution in [0.2, 0.25) is 6.55 Å². The summed E-state index contributed by atoms with van der Waals surface area (Å²) in [6, 6.07) is 11.9. The summed E-state index contributed by atoms with van der Waals surface area (Å²) < 4.78 is 27.5. The molecule has 0 saturated carbocycles. The lowest BCUT2D eigenvalue weighted by atomic mass is 10.0. The summed E-state index contributed by atoms with van der Waals surface area (Å²) in [7, 11) is -2.39. The highest BCUT2D eigenvalue weighted by Gasteiger charge is 2.41. The Kier molecular flexibility index (Phi) is 4.58. The first-order valence-electron chi connectivity index (χ1n) is 10.7. The lowest BCUT2D eigenvalue weighted by Gasteiger charge is -2.35. The quantitative estimate of drug-likeness (QED) is 0.707. The van der Waals surface area contributed by atoms with E-state index in [4.69, 9.17) is 0 Å². The minimum absolute atomic E-state index is 0.0273. The molecule has 0 aromatic heterocycles. The number of alkyl halides is 2. The first kappa shape index (κ1) is 19.5. The molecule has 2 aromatic rings. The molecule has 2 saturated heterocycles. The number of carbonyl (C=O) groups excluding carboxylic acids is 1. The first-order valence-corrected chi connectivity index (χ1v) is 13.2. The van der Waals surface area contributed by atoms with Crippen LogP contribution < -0.4 is 20.2 Å². The van der Waals surface area contributed by atoms with Gasteiger partial charge in [0.25, 0.3) is 0 Å². The molecule has 0 bridgehead atoms. The lowest BCUT2D eigenvalue weighted by molar-refractivity contribution is 0.104. The number of anilines is 2. The van der Waals surface area contributed by atoms with E-state index in [-0.39, 0.29) is 5.78 Å². The van der Waals surface area contributed by atoms with Gasteiger partial charge in [0.2, 0.25) is 0 Å². The van der Waals surface area contributed by atoms with Crippen LogP contribution in [0.15, 0.2) is 48.7 Å². The largest absolute Gasteiger partial charge is 0.369 e. The zero-order valence-electron chi connectivity index (χ0n) is 17.2. The SMILES string of the molecule is C=C[Si]1(C)c2cc(N3CCC(F)C3)ccc2C(=O)c2ccc(N3CCC(F)C3)cc21. The van der Waals surface area contributed by atoms with Gasteiger partial charge in [-0.2, -0.15) is 0 Å². The summed E-state index contributed by atoms with van der Waals surface area (Å²) in [6.45, 7) is 8.56. The van der Waals surface area contributed by atoms with Gasteiger partial charge in [-0.05, 0) is 59.6 Å². The maximum atomic E-state index is 13.8. The maximum absolute atomic E-state index is 13.8. The average molecular weight is 425 g/mol. The van der Waals surface area contributed by atoms with Gasteiger partial charge in [-0.25, -0.2) is 8.78 Å².